The van der Waals surface area contributed by atoms with Gasteiger partial charge in [-0.15, -0.1) is 0 Å². The minimum absolute atomic E-state index is 0.0275. The number of hydrogen-bond donors (Lipinski definition) is 1. The first-order chi connectivity index (χ1) is 15.8. The Labute approximate surface area is 206 Å². The van der Waals surface area contributed by atoms with E-state index in [-0.39, 0.29) is 40.7 Å². The van der Waals surface area contributed by atoms with E-state index in [0.29, 0.717) is 23.7 Å². The molecule has 0 amide bonds. The third-order valence-electron chi connectivity index (χ3n) is 11.3. The zero-order valence-electron chi connectivity index (χ0n) is 22.3. The highest BCUT2D eigenvalue weighted by molar-refractivity contribution is 5.74. The Morgan fingerprint density at radius 1 is 1.26 bits per heavy atom. The molecule has 4 rings (SSSR count). The molecule has 2 saturated carbocycles. The van der Waals surface area contributed by atoms with E-state index < -0.39 is 5.97 Å². The SMILES string of the molecule is C=C(C)C1CC=C2C(CCC3(C)C(C(C)CC4CC(C)C(=O)O4)CCC23C)C1(C)CCC(=O)O. The van der Waals surface area contributed by atoms with Crippen molar-refractivity contribution in [2.75, 3.05) is 0 Å². The van der Waals surface area contributed by atoms with Crippen LogP contribution in [-0.2, 0) is 14.3 Å². The predicted molar refractivity (Wildman–Crippen MR) is 135 cm³/mol. The fourth-order valence-corrected chi connectivity index (χ4v) is 9.13. The van der Waals surface area contributed by atoms with Crippen molar-refractivity contribution in [3.63, 3.8) is 0 Å². The number of fused-ring (bicyclic) bond motifs is 3. The molecule has 3 aliphatic carbocycles. The van der Waals surface area contributed by atoms with Crippen molar-refractivity contribution in [2.24, 2.45) is 45.8 Å². The molecule has 0 aromatic rings. The van der Waals surface area contributed by atoms with Gasteiger partial charge in [0.25, 0.3) is 0 Å². The van der Waals surface area contributed by atoms with Gasteiger partial charge in [-0.1, -0.05) is 58.4 Å². The Morgan fingerprint density at radius 2 is 1.97 bits per heavy atom. The summed E-state index contributed by atoms with van der Waals surface area (Å²) in [5.41, 5.74) is 3.14. The van der Waals surface area contributed by atoms with Gasteiger partial charge in [-0.3, -0.25) is 9.59 Å². The summed E-state index contributed by atoms with van der Waals surface area (Å²) in [6, 6.07) is 0. The molecule has 0 radical (unpaired) electrons. The molecule has 1 heterocycles. The third-order valence-corrected chi connectivity index (χ3v) is 11.3. The van der Waals surface area contributed by atoms with Gasteiger partial charge in [0.2, 0.25) is 0 Å². The van der Waals surface area contributed by atoms with Crippen LogP contribution in [0.2, 0.25) is 0 Å². The molecule has 190 valence electrons. The summed E-state index contributed by atoms with van der Waals surface area (Å²) in [6.45, 7) is 18.2. The average molecular weight is 471 g/mol. The maximum atomic E-state index is 11.9. The summed E-state index contributed by atoms with van der Waals surface area (Å²) in [7, 11) is 0. The first-order valence-electron chi connectivity index (χ1n) is 13.6. The number of aliphatic carboxylic acids is 1. The number of carboxylic acid groups (broad SMARTS) is 1. The van der Waals surface area contributed by atoms with Crippen molar-refractivity contribution in [1.29, 1.82) is 0 Å². The Morgan fingerprint density at radius 3 is 2.56 bits per heavy atom. The van der Waals surface area contributed by atoms with Crippen molar-refractivity contribution < 1.29 is 19.4 Å². The summed E-state index contributed by atoms with van der Waals surface area (Å²) in [6.07, 6.45) is 11.1. The molecule has 9 atom stereocenters. The molecule has 1 saturated heterocycles. The zero-order chi connectivity index (χ0) is 25.1. The highest BCUT2D eigenvalue weighted by atomic mass is 16.5. The highest BCUT2D eigenvalue weighted by Crippen LogP contribution is 2.72. The largest absolute Gasteiger partial charge is 0.481 e. The van der Waals surface area contributed by atoms with E-state index in [0.717, 1.165) is 32.1 Å². The normalized spacial score (nSPS) is 44.6. The molecule has 0 aromatic carbocycles. The lowest BCUT2D eigenvalue weighted by molar-refractivity contribution is -0.144. The van der Waals surface area contributed by atoms with Crippen LogP contribution >= 0.6 is 0 Å². The number of allylic oxidation sites excluding steroid dienone is 3. The van der Waals surface area contributed by atoms with Gasteiger partial charge in [0.1, 0.15) is 6.10 Å². The van der Waals surface area contributed by atoms with Crippen LogP contribution in [0.5, 0.6) is 0 Å². The van der Waals surface area contributed by atoms with Crippen LogP contribution in [-0.4, -0.2) is 23.1 Å². The maximum absolute atomic E-state index is 11.9. The number of ether oxygens (including phenoxy) is 1. The molecule has 1 N–H and O–H groups in total. The summed E-state index contributed by atoms with van der Waals surface area (Å²) in [5, 5.41) is 9.50. The summed E-state index contributed by atoms with van der Waals surface area (Å²) < 4.78 is 5.68. The summed E-state index contributed by atoms with van der Waals surface area (Å²) in [5.74, 6) is 1.25. The zero-order valence-corrected chi connectivity index (χ0v) is 22.3. The molecule has 3 fully saturated rings. The molecule has 0 aromatic heterocycles. The van der Waals surface area contributed by atoms with E-state index in [4.69, 9.17) is 4.74 Å². The molecule has 0 spiro atoms. The van der Waals surface area contributed by atoms with Crippen LogP contribution in [0, 0.1) is 45.8 Å². The molecule has 0 bridgehead atoms. The van der Waals surface area contributed by atoms with E-state index in [2.05, 4.69) is 47.3 Å². The van der Waals surface area contributed by atoms with E-state index >= 15 is 0 Å². The minimum Gasteiger partial charge on any atom is -0.481 e. The minimum atomic E-state index is -0.693. The van der Waals surface area contributed by atoms with Gasteiger partial charge in [-0.25, -0.2) is 0 Å². The second-order valence-corrected chi connectivity index (χ2v) is 13.1. The topological polar surface area (TPSA) is 63.6 Å². The van der Waals surface area contributed by atoms with Crippen LogP contribution in [0.4, 0.5) is 0 Å². The van der Waals surface area contributed by atoms with Crippen molar-refractivity contribution in [2.45, 2.75) is 105 Å². The lowest BCUT2D eigenvalue weighted by Crippen LogP contribution is -2.52. The summed E-state index contributed by atoms with van der Waals surface area (Å²) in [4.78, 5) is 23.5. The third kappa shape index (κ3) is 3.88. The summed E-state index contributed by atoms with van der Waals surface area (Å²) >= 11 is 0. The Bertz CT molecular complexity index is 888. The van der Waals surface area contributed by atoms with Crippen molar-refractivity contribution in [3.05, 3.63) is 23.8 Å². The first-order valence-corrected chi connectivity index (χ1v) is 13.6. The lowest BCUT2D eigenvalue weighted by Gasteiger charge is -2.60. The average Bonchev–Trinajstić information content (AvgIpc) is 3.21. The van der Waals surface area contributed by atoms with Gasteiger partial charge in [0.15, 0.2) is 0 Å². The van der Waals surface area contributed by atoms with Crippen LogP contribution in [0.1, 0.15) is 99.3 Å². The van der Waals surface area contributed by atoms with Crippen LogP contribution in [0.25, 0.3) is 0 Å². The van der Waals surface area contributed by atoms with Crippen molar-refractivity contribution in [1.82, 2.24) is 0 Å². The predicted octanol–water partition coefficient (Wildman–Crippen LogP) is 7.19. The second-order valence-electron chi connectivity index (χ2n) is 13.1. The van der Waals surface area contributed by atoms with Gasteiger partial charge in [0.05, 0.1) is 5.92 Å². The van der Waals surface area contributed by atoms with Crippen molar-refractivity contribution in [3.8, 4) is 0 Å². The first kappa shape index (κ1) is 25.5. The van der Waals surface area contributed by atoms with Crippen molar-refractivity contribution >= 4 is 11.9 Å². The van der Waals surface area contributed by atoms with Gasteiger partial charge < -0.3 is 9.84 Å². The Hall–Kier alpha value is -1.58. The quantitative estimate of drug-likeness (QED) is 0.316. The Balaban J connectivity index is 1.60. The molecular weight excluding hydrogens is 424 g/mol. The van der Waals surface area contributed by atoms with E-state index in [1.54, 1.807) is 5.57 Å². The fraction of sp³-hybridized carbons (Fsp3) is 0.800. The van der Waals surface area contributed by atoms with Crippen LogP contribution in [0.3, 0.4) is 0 Å². The number of cyclic esters (lactones) is 1. The lowest BCUT2D eigenvalue weighted by atomic mass is 9.44. The molecule has 34 heavy (non-hydrogen) atoms. The number of esters is 1. The number of rotatable bonds is 7. The number of hydrogen-bond acceptors (Lipinski definition) is 3. The fourth-order valence-electron chi connectivity index (χ4n) is 9.13. The van der Waals surface area contributed by atoms with Crippen LogP contribution in [0.15, 0.2) is 23.8 Å². The van der Waals surface area contributed by atoms with Gasteiger partial charge in [-0.05, 0) is 98.2 Å². The number of carboxylic acids is 1. The van der Waals surface area contributed by atoms with E-state index in [9.17, 15) is 14.7 Å². The number of carbonyl (C=O) groups excluding carboxylic acids is 1. The molecule has 4 nitrogen and oxygen atoms in total. The van der Waals surface area contributed by atoms with E-state index in [1.807, 2.05) is 6.92 Å². The molecule has 4 aliphatic rings. The smallest absolute Gasteiger partial charge is 0.309 e. The molecular formula is C30H46O4. The highest BCUT2D eigenvalue weighted by Gasteiger charge is 2.63. The molecule has 4 heteroatoms. The second kappa shape index (κ2) is 8.82. The van der Waals surface area contributed by atoms with E-state index in [1.165, 1.54) is 24.8 Å². The monoisotopic (exact) mass is 470 g/mol. The standard InChI is InChI=1S/C30H46O4/c1-18(2)22-8-9-25-24(28(22,5)13-12-26(31)32)11-15-29(6)23(10-14-30(25,29)7)19(3)16-21-17-20(4)27(33)34-21/h9,19-24H,1,8,10-17H2,2-7H3,(H,31,32). The van der Waals surface area contributed by atoms with Crippen LogP contribution < -0.4 is 0 Å². The van der Waals surface area contributed by atoms with Gasteiger partial charge >= 0.3 is 11.9 Å². The van der Waals surface area contributed by atoms with Gasteiger partial charge in [0, 0.05) is 6.42 Å². The maximum Gasteiger partial charge on any atom is 0.309 e. The van der Waals surface area contributed by atoms with Gasteiger partial charge in [-0.2, -0.15) is 0 Å². The molecule has 9 unspecified atom stereocenters. The molecule has 1 aliphatic heterocycles. The number of carbonyl (C=O) groups is 2. The Kier molecular flexibility index (Phi) is 6.62.